The number of hydrogen-bond donors (Lipinski definition) is 3. The number of guanidine groups is 1. The Labute approximate surface area is 175 Å². The number of carbonyl (C=O) groups is 1. The molecule has 0 aliphatic heterocycles. The van der Waals surface area contributed by atoms with E-state index in [1.54, 1.807) is 19.2 Å². The molecule has 0 fully saturated rings. The predicted molar refractivity (Wildman–Crippen MR) is 121 cm³/mol. The maximum atomic E-state index is 11.9. The Morgan fingerprint density at radius 2 is 1.50 bits per heavy atom. The lowest BCUT2D eigenvalue weighted by molar-refractivity contribution is 0.0954. The Kier molecular flexibility index (Phi) is 13.1. The van der Waals surface area contributed by atoms with Crippen LogP contribution in [0.25, 0.3) is 0 Å². The van der Waals surface area contributed by atoms with Crippen molar-refractivity contribution in [3.05, 3.63) is 35.9 Å². The van der Waals surface area contributed by atoms with E-state index in [0.29, 0.717) is 30.7 Å². The summed E-state index contributed by atoms with van der Waals surface area (Å²) in [5.41, 5.74) is 0.674. The minimum absolute atomic E-state index is 0. The highest BCUT2D eigenvalue weighted by molar-refractivity contribution is 14.0. The zero-order valence-corrected chi connectivity index (χ0v) is 18.9. The van der Waals surface area contributed by atoms with E-state index in [9.17, 15) is 4.79 Å². The van der Waals surface area contributed by atoms with Crippen LogP contribution in [0.5, 0.6) is 0 Å². The van der Waals surface area contributed by atoms with Crippen LogP contribution in [0.3, 0.4) is 0 Å². The van der Waals surface area contributed by atoms with E-state index in [0.717, 1.165) is 19.0 Å². The minimum Gasteiger partial charge on any atom is -0.355 e. The second kappa shape index (κ2) is 13.8. The van der Waals surface area contributed by atoms with Crippen molar-refractivity contribution in [3.8, 4) is 0 Å². The van der Waals surface area contributed by atoms with Gasteiger partial charge in [-0.15, -0.1) is 24.0 Å². The number of nitrogens with one attached hydrogen (secondary N) is 3. The minimum atomic E-state index is -0.0603. The first kappa shape index (κ1) is 24.7. The van der Waals surface area contributed by atoms with Gasteiger partial charge in [-0.3, -0.25) is 14.7 Å². The topological polar surface area (TPSA) is 68.8 Å². The van der Waals surface area contributed by atoms with Gasteiger partial charge >= 0.3 is 0 Å². The smallest absolute Gasteiger partial charge is 0.251 e. The number of hydrogen-bond acceptors (Lipinski definition) is 3. The van der Waals surface area contributed by atoms with Crippen molar-refractivity contribution in [1.82, 2.24) is 20.9 Å². The third-order valence-corrected chi connectivity index (χ3v) is 3.95. The van der Waals surface area contributed by atoms with Crippen LogP contribution in [0.2, 0.25) is 0 Å². The molecule has 7 heteroatoms. The second-order valence-corrected chi connectivity index (χ2v) is 6.47. The highest BCUT2D eigenvalue weighted by atomic mass is 127. The summed E-state index contributed by atoms with van der Waals surface area (Å²) < 4.78 is 0. The number of amides is 1. The van der Waals surface area contributed by atoms with Crippen LogP contribution in [-0.4, -0.2) is 62.1 Å². The summed E-state index contributed by atoms with van der Waals surface area (Å²) in [4.78, 5) is 18.6. The average Bonchev–Trinajstić information content (AvgIpc) is 2.60. The molecular formula is C19H34IN5O. The maximum absolute atomic E-state index is 11.9. The molecule has 0 aromatic heterocycles. The van der Waals surface area contributed by atoms with E-state index in [-0.39, 0.29) is 29.9 Å². The fourth-order valence-electron chi connectivity index (χ4n) is 2.69. The van der Waals surface area contributed by atoms with E-state index in [1.165, 1.54) is 0 Å². The highest BCUT2D eigenvalue weighted by Gasteiger charge is 2.12. The molecule has 0 heterocycles. The van der Waals surface area contributed by atoms with Crippen LogP contribution in [-0.2, 0) is 0 Å². The van der Waals surface area contributed by atoms with E-state index < -0.39 is 0 Å². The molecule has 148 valence electrons. The van der Waals surface area contributed by atoms with Crippen LogP contribution < -0.4 is 16.0 Å². The second-order valence-electron chi connectivity index (χ2n) is 6.47. The summed E-state index contributed by atoms with van der Waals surface area (Å²) in [6, 6.07) is 10.3. The normalized spacial score (nSPS) is 11.5. The molecule has 0 spiro atoms. The number of carbonyl (C=O) groups excluding carboxylic acids is 1. The van der Waals surface area contributed by atoms with Gasteiger partial charge in [0, 0.05) is 50.9 Å². The Balaban J connectivity index is 0.00000625. The fourth-order valence-corrected chi connectivity index (χ4v) is 2.69. The molecule has 0 unspecified atom stereocenters. The molecule has 6 nitrogen and oxygen atoms in total. The zero-order chi connectivity index (χ0) is 18.7. The lowest BCUT2D eigenvalue weighted by Gasteiger charge is -2.30. The number of aliphatic imine (C=N–C) groups is 1. The van der Waals surface area contributed by atoms with Crippen molar-refractivity contribution in [2.24, 2.45) is 4.99 Å². The van der Waals surface area contributed by atoms with Crippen molar-refractivity contribution < 1.29 is 4.79 Å². The first-order valence-electron chi connectivity index (χ1n) is 8.99. The standard InChI is InChI=1S/C19H33N5O.HI/c1-15(2)24(16(3)4)14-13-23-19(20-5)22-12-11-21-18(25)17-9-7-6-8-10-17;/h6-10,15-16H,11-14H2,1-5H3,(H,21,25)(H2,20,22,23);1H. The van der Waals surface area contributed by atoms with E-state index in [1.807, 2.05) is 18.2 Å². The fraction of sp³-hybridized carbons (Fsp3) is 0.579. The van der Waals surface area contributed by atoms with Gasteiger partial charge in [0.15, 0.2) is 5.96 Å². The van der Waals surface area contributed by atoms with Crippen LogP contribution in [0, 0.1) is 0 Å². The quantitative estimate of drug-likeness (QED) is 0.222. The van der Waals surface area contributed by atoms with Crippen LogP contribution in [0.4, 0.5) is 0 Å². The molecule has 1 rings (SSSR count). The maximum Gasteiger partial charge on any atom is 0.251 e. The van der Waals surface area contributed by atoms with Gasteiger partial charge in [-0.25, -0.2) is 0 Å². The van der Waals surface area contributed by atoms with Crippen molar-refractivity contribution in [2.75, 3.05) is 33.2 Å². The van der Waals surface area contributed by atoms with Crippen molar-refractivity contribution in [3.63, 3.8) is 0 Å². The molecule has 26 heavy (non-hydrogen) atoms. The SMILES string of the molecule is CN=C(NCCNC(=O)c1ccccc1)NCCN(C(C)C)C(C)C.I. The third-order valence-electron chi connectivity index (χ3n) is 3.95. The average molecular weight is 475 g/mol. The first-order valence-corrected chi connectivity index (χ1v) is 8.99. The van der Waals surface area contributed by atoms with Gasteiger partial charge < -0.3 is 16.0 Å². The molecule has 0 radical (unpaired) electrons. The summed E-state index contributed by atoms with van der Waals surface area (Å²) >= 11 is 0. The summed E-state index contributed by atoms with van der Waals surface area (Å²) in [7, 11) is 1.75. The predicted octanol–water partition coefficient (Wildman–Crippen LogP) is 2.32. The molecule has 3 N–H and O–H groups in total. The largest absolute Gasteiger partial charge is 0.355 e. The van der Waals surface area contributed by atoms with E-state index >= 15 is 0 Å². The molecule has 0 aliphatic rings. The lowest BCUT2D eigenvalue weighted by Crippen LogP contribution is -2.46. The highest BCUT2D eigenvalue weighted by Crippen LogP contribution is 2.03. The number of benzene rings is 1. The summed E-state index contributed by atoms with van der Waals surface area (Å²) in [6.45, 7) is 11.8. The molecule has 1 amide bonds. The molecule has 0 saturated heterocycles. The Morgan fingerprint density at radius 1 is 0.962 bits per heavy atom. The first-order chi connectivity index (χ1) is 12.0. The Bertz CT molecular complexity index is 526. The van der Waals surface area contributed by atoms with Crippen LogP contribution in [0.1, 0.15) is 38.1 Å². The molecular weight excluding hydrogens is 441 g/mol. The molecule has 0 bridgehead atoms. The lowest BCUT2D eigenvalue weighted by atomic mass is 10.2. The van der Waals surface area contributed by atoms with E-state index in [2.05, 4.69) is 53.5 Å². The summed E-state index contributed by atoms with van der Waals surface area (Å²) in [5, 5.41) is 9.42. The van der Waals surface area contributed by atoms with Gasteiger partial charge in [0.1, 0.15) is 0 Å². The van der Waals surface area contributed by atoms with Crippen molar-refractivity contribution in [1.29, 1.82) is 0 Å². The van der Waals surface area contributed by atoms with Gasteiger partial charge in [-0.05, 0) is 39.8 Å². The van der Waals surface area contributed by atoms with Gasteiger partial charge in [0.05, 0.1) is 0 Å². The number of halogens is 1. The van der Waals surface area contributed by atoms with Crippen LogP contribution in [0.15, 0.2) is 35.3 Å². The van der Waals surface area contributed by atoms with Gasteiger partial charge in [0.2, 0.25) is 0 Å². The Hall–Kier alpha value is -1.35. The van der Waals surface area contributed by atoms with E-state index in [4.69, 9.17) is 0 Å². The Morgan fingerprint density at radius 3 is 2.04 bits per heavy atom. The van der Waals surface area contributed by atoms with Crippen LogP contribution >= 0.6 is 24.0 Å². The van der Waals surface area contributed by atoms with Gasteiger partial charge in [-0.1, -0.05) is 18.2 Å². The van der Waals surface area contributed by atoms with Gasteiger partial charge in [-0.2, -0.15) is 0 Å². The zero-order valence-electron chi connectivity index (χ0n) is 16.6. The molecule has 1 aromatic carbocycles. The van der Waals surface area contributed by atoms with Crippen molar-refractivity contribution >= 4 is 35.8 Å². The number of nitrogens with zero attached hydrogens (tertiary/aromatic N) is 2. The third kappa shape index (κ3) is 9.38. The number of rotatable bonds is 9. The molecule has 1 aromatic rings. The molecule has 0 atom stereocenters. The summed E-state index contributed by atoms with van der Waals surface area (Å²) in [6.07, 6.45) is 0. The monoisotopic (exact) mass is 475 g/mol. The molecule has 0 aliphatic carbocycles. The molecule has 0 saturated carbocycles. The summed E-state index contributed by atoms with van der Waals surface area (Å²) in [5.74, 6) is 0.691. The van der Waals surface area contributed by atoms with Crippen molar-refractivity contribution in [2.45, 2.75) is 39.8 Å². The van der Waals surface area contributed by atoms with Gasteiger partial charge in [0.25, 0.3) is 5.91 Å².